The van der Waals surface area contributed by atoms with Crippen molar-refractivity contribution in [2.75, 3.05) is 26.2 Å². The molecule has 1 unspecified atom stereocenters. The Morgan fingerprint density at radius 3 is 2.33 bits per heavy atom. The van der Waals surface area contributed by atoms with Crippen LogP contribution in [0.1, 0.15) is 40.5 Å². The first-order valence-electron chi connectivity index (χ1n) is 7.09. The Kier molecular flexibility index (Phi) is 3.85. The number of amides is 2. The molecule has 0 aliphatic carbocycles. The molecule has 2 amide bonds. The summed E-state index contributed by atoms with van der Waals surface area (Å²) in [5.74, 6) is 0.758. The minimum Gasteiger partial charge on any atom is -0.369 e. The molecule has 2 aliphatic rings. The zero-order chi connectivity index (χ0) is 13.3. The second kappa shape index (κ2) is 5.08. The van der Waals surface area contributed by atoms with Crippen LogP contribution < -0.4 is 0 Å². The fourth-order valence-corrected chi connectivity index (χ4v) is 3.00. The van der Waals surface area contributed by atoms with Crippen molar-refractivity contribution in [1.29, 1.82) is 0 Å². The number of nitrogens with zero attached hydrogens (tertiary/aromatic N) is 2. The predicted octanol–water partition coefficient (Wildman–Crippen LogP) is 2.34. The lowest BCUT2D eigenvalue weighted by molar-refractivity contribution is -0.119. The highest BCUT2D eigenvalue weighted by atomic mass is 16.5. The van der Waals surface area contributed by atoms with Gasteiger partial charge in [-0.3, -0.25) is 0 Å². The molecule has 18 heavy (non-hydrogen) atoms. The Bertz CT molecular complexity index is 309. The number of hydrogen-bond donors (Lipinski definition) is 0. The standard InChI is InChI=1S/C14H26N2O2/c1-11-5-7-15(8-6-11)13(17)16-9-12(2)18-14(3,4)10-16/h11-12H,5-10H2,1-4H3. The fourth-order valence-electron chi connectivity index (χ4n) is 3.00. The number of morpholine rings is 1. The Labute approximate surface area is 110 Å². The number of carbonyl (C=O) groups is 1. The van der Waals surface area contributed by atoms with Crippen molar-refractivity contribution in [2.45, 2.75) is 52.2 Å². The lowest BCUT2D eigenvalue weighted by Gasteiger charge is -2.44. The zero-order valence-electron chi connectivity index (χ0n) is 12.1. The van der Waals surface area contributed by atoms with E-state index in [-0.39, 0.29) is 17.7 Å². The highest BCUT2D eigenvalue weighted by molar-refractivity contribution is 5.74. The molecule has 104 valence electrons. The van der Waals surface area contributed by atoms with Crippen molar-refractivity contribution in [3.8, 4) is 0 Å². The summed E-state index contributed by atoms with van der Waals surface area (Å²) in [6.07, 6.45) is 2.39. The van der Waals surface area contributed by atoms with Gasteiger partial charge in [-0.15, -0.1) is 0 Å². The minimum absolute atomic E-state index is 0.126. The van der Waals surface area contributed by atoms with E-state index in [0.717, 1.165) is 31.8 Å². The van der Waals surface area contributed by atoms with E-state index in [0.29, 0.717) is 13.1 Å². The van der Waals surface area contributed by atoms with Gasteiger partial charge in [0.05, 0.1) is 18.2 Å². The summed E-state index contributed by atoms with van der Waals surface area (Å²) in [5, 5.41) is 0. The predicted molar refractivity (Wildman–Crippen MR) is 71.6 cm³/mol. The first-order chi connectivity index (χ1) is 8.37. The van der Waals surface area contributed by atoms with E-state index in [2.05, 4.69) is 20.8 Å². The van der Waals surface area contributed by atoms with E-state index in [1.54, 1.807) is 0 Å². The van der Waals surface area contributed by atoms with E-state index >= 15 is 0 Å². The summed E-state index contributed by atoms with van der Waals surface area (Å²) in [6.45, 7) is 11.7. The summed E-state index contributed by atoms with van der Waals surface area (Å²) in [4.78, 5) is 16.5. The second-order valence-electron chi connectivity index (χ2n) is 6.52. The Balaban J connectivity index is 1.96. The van der Waals surface area contributed by atoms with Crippen LogP contribution in [0.4, 0.5) is 4.79 Å². The molecule has 4 heteroatoms. The molecule has 0 aromatic rings. The van der Waals surface area contributed by atoms with Crippen molar-refractivity contribution >= 4 is 6.03 Å². The lowest BCUT2D eigenvalue weighted by Crippen LogP contribution is -2.57. The van der Waals surface area contributed by atoms with E-state index in [1.807, 2.05) is 16.7 Å². The molecule has 0 spiro atoms. The summed E-state index contributed by atoms with van der Waals surface area (Å²) in [5.41, 5.74) is -0.226. The van der Waals surface area contributed by atoms with Gasteiger partial charge in [0.25, 0.3) is 0 Å². The molecule has 0 radical (unpaired) electrons. The molecule has 0 saturated carbocycles. The Hall–Kier alpha value is -0.770. The monoisotopic (exact) mass is 254 g/mol. The zero-order valence-corrected chi connectivity index (χ0v) is 12.1. The lowest BCUT2D eigenvalue weighted by atomic mass is 9.99. The number of carbonyl (C=O) groups excluding carboxylic acids is 1. The van der Waals surface area contributed by atoms with Gasteiger partial charge in [-0.1, -0.05) is 6.92 Å². The van der Waals surface area contributed by atoms with Gasteiger partial charge in [0.1, 0.15) is 0 Å². The van der Waals surface area contributed by atoms with Gasteiger partial charge < -0.3 is 14.5 Å². The molecule has 0 N–H and O–H groups in total. The molecule has 2 aliphatic heterocycles. The van der Waals surface area contributed by atoms with Crippen LogP contribution in [0.15, 0.2) is 0 Å². The summed E-state index contributed by atoms with van der Waals surface area (Å²) in [7, 11) is 0. The largest absolute Gasteiger partial charge is 0.369 e. The van der Waals surface area contributed by atoms with Gasteiger partial charge in [-0.05, 0) is 39.5 Å². The molecule has 1 atom stereocenters. The fraction of sp³-hybridized carbons (Fsp3) is 0.929. The van der Waals surface area contributed by atoms with Crippen molar-refractivity contribution in [1.82, 2.24) is 9.80 Å². The molecule has 0 aromatic carbocycles. The van der Waals surface area contributed by atoms with E-state index in [9.17, 15) is 4.79 Å². The molecule has 2 rings (SSSR count). The Morgan fingerprint density at radius 2 is 1.78 bits per heavy atom. The number of ether oxygens (including phenoxy) is 1. The third kappa shape index (κ3) is 3.16. The minimum atomic E-state index is -0.226. The van der Waals surface area contributed by atoms with Crippen molar-refractivity contribution in [3.05, 3.63) is 0 Å². The molecule has 4 nitrogen and oxygen atoms in total. The smallest absolute Gasteiger partial charge is 0.320 e. The average Bonchev–Trinajstić information content (AvgIpc) is 2.26. The molecular formula is C14H26N2O2. The van der Waals surface area contributed by atoms with Crippen LogP contribution in [0, 0.1) is 5.92 Å². The van der Waals surface area contributed by atoms with Crippen LogP contribution in [0.2, 0.25) is 0 Å². The Morgan fingerprint density at radius 1 is 1.17 bits per heavy atom. The van der Waals surface area contributed by atoms with Crippen LogP contribution in [0.3, 0.4) is 0 Å². The number of piperidine rings is 1. The van der Waals surface area contributed by atoms with Crippen LogP contribution in [0.5, 0.6) is 0 Å². The van der Waals surface area contributed by atoms with Crippen molar-refractivity contribution in [3.63, 3.8) is 0 Å². The normalized spacial score (nSPS) is 29.4. The van der Waals surface area contributed by atoms with Crippen LogP contribution in [0.25, 0.3) is 0 Å². The number of likely N-dealkylation sites (tertiary alicyclic amines) is 1. The maximum Gasteiger partial charge on any atom is 0.320 e. The average molecular weight is 254 g/mol. The van der Waals surface area contributed by atoms with Crippen LogP contribution >= 0.6 is 0 Å². The first kappa shape index (κ1) is 13.7. The van der Waals surface area contributed by atoms with Gasteiger partial charge in [-0.25, -0.2) is 4.79 Å². The molecule has 0 aromatic heterocycles. The SMILES string of the molecule is CC1CCN(C(=O)N2CC(C)OC(C)(C)C2)CC1. The highest BCUT2D eigenvalue weighted by Gasteiger charge is 2.35. The first-order valence-corrected chi connectivity index (χ1v) is 7.09. The van der Waals surface area contributed by atoms with Crippen molar-refractivity contribution < 1.29 is 9.53 Å². The van der Waals surface area contributed by atoms with Crippen LogP contribution in [-0.4, -0.2) is 53.7 Å². The van der Waals surface area contributed by atoms with Gasteiger partial charge in [0, 0.05) is 19.6 Å². The van der Waals surface area contributed by atoms with Gasteiger partial charge in [-0.2, -0.15) is 0 Å². The molecule has 0 bridgehead atoms. The topological polar surface area (TPSA) is 32.8 Å². The van der Waals surface area contributed by atoms with Gasteiger partial charge in [0.2, 0.25) is 0 Å². The number of rotatable bonds is 0. The molecule has 2 saturated heterocycles. The summed E-state index contributed by atoms with van der Waals surface area (Å²) >= 11 is 0. The summed E-state index contributed by atoms with van der Waals surface area (Å²) < 4.78 is 5.85. The maximum atomic E-state index is 12.5. The van der Waals surface area contributed by atoms with Gasteiger partial charge >= 0.3 is 6.03 Å². The van der Waals surface area contributed by atoms with E-state index in [4.69, 9.17) is 4.74 Å². The van der Waals surface area contributed by atoms with Crippen molar-refractivity contribution in [2.24, 2.45) is 5.92 Å². The molecule has 2 heterocycles. The van der Waals surface area contributed by atoms with Gasteiger partial charge in [0.15, 0.2) is 0 Å². The summed E-state index contributed by atoms with van der Waals surface area (Å²) in [6, 6.07) is 0.199. The quantitative estimate of drug-likeness (QED) is 0.664. The third-order valence-electron chi connectivity index (χ3n) is 3.89. The van der Waals surface area contributed by atoms with E-state index < -0.39 is 0 Å². The maximum absolute atomic E-state index is 12.5. The number of urea groups is 1. The number of hydrogen-bond acceptors (Lipinski definition) is 2. The third-order valence-corrected chi connectivity index (χ3v) is 3.89. The highest BCUT2D eigenvalue weighted by Crippen LogP contribution is 2.23. The second-order valence-corrected chi connectivity index (χ2v) is 6.52. The molecular weight excluding hydrogens is 228 g/mol. The van der Waals surface area contributed by atoms with E-state index in [1.165, 1.54) is 0 Å². The van der Waals surface area contributed by atoms with Crippen LogP contribution in [-0.2, 0) is 4.74 Å². The molecule has 2 fully saturated rings.